The second-order valence-electron chi connectivity index (χ2n) is 5.52. The van der Waals surface area contributed by atoms with Crippen LogP contribution < -0.4 is 0 Å². The van der Waals surface area contributed by atoms with Crippen molar-refractivity contribution in [3.8, 4) is 0 Å². The molecule has 2 aromatic rings. The van der Waals surface area contributed by atoms with Crippen molar-refractivity contribution in [3.05, 3.63) is 48.0 Å². The van der Waals surface area contributed by atoms with Crippen molar-refractivity contribution in [1.82, 2.24) is 0 Å². The third-order valence-corrected chi connectivity index (χ3v) is 4.15. The van der Waals surface area contributed by atoms with Gasteiger partial charge in [0.05, 0.1) is 5.92 Å². The summed E-state index contributed by atoms with van der Waals surface area (Å²) in [6.07, 6.45) is 1.63. The Hall–Kier alpha value is -1.83. The molecular weight excluding hydrogens is 236 g/mol. The molecule has 0 bridgehead atoms. The summed E-state index contributed by atoms with van der Waals surface area (Å²) in [6, 6.07) is 14.6. The molecule has 19 heavy (non-hydrogen) atoms. The van der Waals surface area contributed by atoms with E-state index < -0.39 is 5.60 Å². The summed E-state index contributed by atoms with van der Waals surface area (Å²) in [5, 5.41) is 2.41. The van der Waals surface area contributed by atoms with Gasteiger partial charge in [0.15, 0.2) is 0 Å². The molecule has 0 spiro atoms. The van der Waals surface area contributed by atoms with E-state index in [-0.39, 0.29) is 11.9 Å². The Balaban J connectivity index is 2.02. The topological polar surface area (TPSA) is 26.3 Å². The van der Waals surface area contributed by atoms with Crippen LogP contribution in [0, 0.1) is 5.92 Å². The summed E-state index contributed by atoms with van der Waals surface area (Å²) in [4.78, 5) is 11.8. The summed E-state index contributed by atoms with van der Waals surface area (Å²) in [5.74, 6) is -0.0189. The van der Waals surface area contributed by atoms with Gasteiger partial charge in [0, 0.05) is 6.42 Å². The Morgan fingerprint density at radius 3 is 2.63 bits per heavy atom. The zero-order valence-electron chi connectivity index (χ0n) is 11.3. The van der Waals surface area contributed by atoms with Gasteiger partial charge in [-0.05, 0) is 35.7 Å². The maximum Gasteiger partial charge on any atom is 0.309 e. The zero-order valence-corrected chi connectivity index (χ0v) is 11.3. The van der Waals surface area contributed by atoms with Gasteiger partial charge >= 0.3 is 5.97 Å². The first-order valence-electron chi connectivity index (χ1n) is 6.84. The van der Waals surface area contributed by atoms with E-state index in [4.69, 9.17) is 4.74 Å². The molecule has 1 saturated heterocycles. The van der Waals surface area contributed by atoms with Crippen LogP contribution in [0.1, 0.15) is 32.3 Å². The predicted molar refractivity (Wildman–Crippen MR) is 75.8 cm³/mol. The van der Waals surface area contributed by atoms with Crippen molar-refractivity contribution in [2.45, 2.75) is 32.3 Å². The number of carbonyl (C=O) groups excluding carboxylic acids is 1. The Kier molecular flexibility index (Phi) is 2.81. The first-order chi connectivity index (χ1) is 9.12. The first-order valence-corrected chi connectivity index (χ1v) is 6.84. The van der Waals surface area contributed by atoms with Crippen LogP contribution in [0.5, 0.6) is 0 Å². The fourth-order valence-corrected chi connectivity index (χ4v) is 2.91. The quantitative estimate of drug-likeness (QED) is 0.756. The molecule has 0 aromatic heterocycles. The highest BCUT2D eigenvalue weighted by atomic mass is 16.6. The highest BCUT2D eigenvalue weighted by Crippen LogP contribution is 2.41. The van der Waals surface area contributed by atoms with E-state index in [1.807, 2.05) is 26.0 Å². The molecule has 2 nitrogen and oxygen atoms in total. The lowest BCUT2D eigenvalue weighted by atomic mass is 9.87. The molecule has 0 saturated carbocycles. The lowest BCUT2D eigenvalue weighted by Gasteiger charge is -2.23. The molecule has 0 amide bonds. The Labute approximate surface area is 113 Å². The van der Waals surface area contributed by atoms with E-state index in [2.05, 4.69) is 30.3 Å². The summed E-state index contributed by atoms with van der Waals surface area (Å²) >= 11 is 0. The third kappa shape index (κ3) is 2.01. The largest absolute Gasteiger partial charge is 0.454 e. The minimum Gasteiger partial charge on any atom is -0.454 e. The molecule has 0 aliphatic carbocycles. The summed E-state index contributed by atoms with van der Waals surface area (Å²) in [6.45, 7) is 4.06. The minimum absolute atomic E-state index is 0.0384. The van der Waals surface area contributed by atoms with E-state index in [0.29, 0.717) is 0 Å². The van der Waals surface area contributed by atoms with E-state index in [9.17, 15) is 4.79 Å². The highest BCUT2D eigenvalue weighted by Gasteiger charge is 2.43. The van der Waals surface area contributed by atoms with E-state index in [1.54, 1.807) is 0 Å². The van der Waals surface area contributed by atoms with E-state index >= 15 is 0 Å². The summed E-state index contributed by atoms with van der Waals surface area (Å²) < 4.78 is 5.65. The molecule has 0 N–H and O–H groups in total. The molecule has 2 heteroatoms. The SMILES string of the molecule is CC[C@H]1C[C@@](C)(c2ccc3ccccc3c2)OC1=O. The van der Waals surface area contributed by atoms with Crippen LogP contribution in [0.25, 0.3) is 10.8 Å². The average Bonchev–Trinajstić information content (AvgIpc) is 2.74. The molecule has 1 aliphatic rings. The van der Waals surface area contributed by atoms with Crippen LogP contribution in [0.2, 0.25) is 0 Å². The molecule has 0 radical (unpaired) electrons. The van der Waals surface area contributed by atoms with Crippen molar-refractivity contribution < 1.29 is 9.53 Å². The molecule has 2 atom stereocenters. The molecule has 0 unspecified atom stereocenters. The lowest BCUT2D eigenvalue weighted by Crippen LogP contribution is -2.20. The molecule has 1 heterocycles. The van der Waals surface area contributed by atoms with Gasteiger partial charge in [-0.15, -0.1) is 0 Å². The van der Waals surface area contributed by atoms with Crippen LogP contribution in [-0.2, 0) is 15.1 Å². The third-order valence-electron chi connectivity index (χ3n) is 4.15. The summed E-state index contributed by atoms with van der Waals surface area (Å²) in [5.41, 5.74) is 0.623. The smallest absolute Gasteiger partial charge is 0.309 e. The van der Waals surface area contributed by atoms with Gasteiger partial charge in [0.2, 0.25) is 0 Å². The number of fused-ring (bicyclic) bond motifs is 1. The van der Waals surface area contributed by atoms with Gasteiger partial charge in [0.25, 0.3) is 0 Å². The van der Waals surface area contributed by atoms with Crippen molar-refractivity contribution in [1.29, 1.82) is 0 Å². The Morgan fingerprint density at radius 2 is 1.95 bits per heavy atom. The van der Waals surface area contributed by atoms with Crippen molar-refractivity contribution >= 4 is 16.7 Å². The molecule has 2 aromatic carbocycles. The molecule has 3 rings (SSSR count). The number of hydrogen-bond acceptors (Lipinski definition) is 2. The zero-order chi connectivity index (χ0) is 13.5. The van der Waals surface area contributed by atoms with Crippen LogP contribution in [-0.4, -0.2) is 5.97 Å². The van der Waals surface area contributed by atoms with Gasteiger partial charge in [-0.1, -0.05) is 43.3 Å². The predicted octanol–water partition coefficient (Wildman–Crippen LogP) is 4.03. The molecule has 1 fully saturated rings. The average molecular weight is 254 g/mol. The first kappa shape index (κ1) is 12.2. The van der Waals surface area contributed by atoms with Crippen molar-refractivity contribution in [2.75, 3.05) is 0 Å². The second kappa shape index (κ2) is 4.37. The number of benzene rings is 2. The number of esters is 1. The van der Waals surface area contributed by atoms with Gasteiger partial charge in [-0.25, -0.2) is 0 Å². The second-order valence-corrected chi connectivity index (χ2v) is 5.52. The van der Waals surface area contributed by atoms with Crippen LogP contribution in [0.4, 0.5) is 0 Å². The van der Waals surface area contributed by atoms with E-state index in [0.717, 1.165) is 18.4 Å². The Bertz CT molecular complexity index is 632. The van der Waals surface area contributed by atoms with Crippen molar-refractivity contribution in [3.63, 3.8) is 0 Å². The molecular formula is C17H18O2. The summed E-state index contributed by atoms with van der Waals surface area (Å²) in [7, 11) is 0. The molecule has 1 aliphatic heterocycles. The number of ether oxygens (including phenoxy) is 1. The van der Waals surface area contributed by atoms with Gasteiger partial charge in [-0.3, -0.25) is 4.79 Å². The Morgan fingerprint density at radius 1 is 1.21 bits per heavy atom. The number of hydrogen-bond donors (Lipinski definition) is 0. The van der Waals surface area contributed by atoms with Gasteiger partial charge in [0.1, 0.15) is 5.60 Å². The van der Waals surface area contributed by atoms with E-state index in [1.165, 1.54) is 10.8 Å². The number of carbonyl (C=O) groups is 1. The van der Waals surface area contributed by atoms with Crippen LogP contribution >= 0.6 is 0 Å². The fourth-order valence-electron chi connectivity index (χ4n) is 2.91. The monoisotopic (exact) mass is 254 g/mol. The van der Waals surface area contributed by atoms with Gasteiger partial charge < -0.3 is 4.74 Å². The maximum atomic E-state index is 11.8. The highest BCUT2D eigenvalue weighted by molar-refractivity contribution is 5.83. The van der Waals surface area contributed by atoms with Crippen molar-refractivity contribution in [2.24, 2.45) is 5.92 Å². The number of cyclic esters (lactones) is 1. The number of rotatable bonds is 2. The molecule has 98 valence electrons. The fraction of sp³-hybridized carbons (Fsp3) is 0.353. The van der Waals surface area contributed by atoms with Crippen LogP contribution in [0.3, 0.4) is 0 Å². The normalized spacial score (nSPS) is 26.6. The lowest BCUT2D eigenvalue weighted by molar-refractivity contribution is -0.150. The minimum atomic E-state index is -0.470. The van der Waals surface area contributed by atoms with Gasteiger partial charge in [-0.2, -0.15) is 0 Å². The van der Waals surface area contributed by atoms with Crippen LogP contribution in [0.15, 0.2) is 42.5 Å². The maximum absolute atomic E-state index is 11.8. The standard InChI is InChI=1S/C17H18O2/c1-3-12-11-17(2,19-16(12)18)15-9-8-13-6-4-5-7-14(13)10-15/h4-10,12H,3,11H2,1-2H3/t12-,17-/m0/s1.